The summed E-state index contributed by atoms with van der Waals surface area (Å²) < 4.78 is 25.5. The molecule has 2 aliphatic rings. The molecule has 27 heavy (non-hydrogen) atoms. The zero-order valence-electron chi connectivity index (χ0n) is 15.3. The summed E-state index contributed by atoms with van der Waals surface area (Å²) in [4.78, 5) is 13.8. The van der Waals surface area contributed by atoms with E-state index in [9.17, 15) is 4.79 Å². The van der Waals surface area contributed by atoms with Crippen LogP contribution in [0.3, 0.4) is 0 Å². The third kappa shape index (κ3) is 4.50. The molecule has 1 aliphatic carbocycles. The van der Waals surface area contributed by atoms with Crippen LogP contribution in [0.1, 0.15) is 36.3 Å². The summed E-state index contributed by atoms with van der Waals surface area (Å²) >= 11 is 0. The summed E-state index contributed by atoms with van der Waals surface area (Å²) in [6, 6.07) is 11.9. The lowest BCUT2D eigenvalue weighted by Gasteiger charge is -2.36. The number of benzene rings is 1. The summed E-state index contributed by atoms with van der Waals surface area (Å²) in [7, 11) is 0. The second-order valence-electron chi connectivity index (χ2n) is 7.56. The third-order valence-corrected chi connectivity index (χ3v) is 5.57. The summed E-state index contributed by atoms with van der Waals surface area (Å²) in [6.45, 7) is 1.36. The van der Waals surface area contributed by atoms with E-state index in [1.165, 1.54) is 5.56 Å². The number of ether oxygens (including phenoxy) is 1. The van der Waals surface area contributed by atoms with Crippen molar-refractivity contribution < 1.29 is 18.3 Å². The minimum absolute atomic E-state index is 0.246. The maximum absolute atomic E-state index is 15.1. The van der Waals surface area contributed by atoms with Crippen LogP contribution in [-0.4, -0.2) is 42.3 Å². The van der Waals surface area contributed by atoms with Gasteiger partial charge in [0.1, 0.15) is 12.3 Å². The Hall–Kier alpha value is -2.34. The van der Waals surface area contributed by atoms with E-state index in [-0.39, 0.29) is 12.7 Å². The highest BCUT2D eigenvalue weighted by Gasteiger charge is 2.42. The molecule has 2 aromatic rings. The molecule has 1 saturated heterocycles. The molecule has 144 valence electrons. The van der Waals surface area contributed by atoms with Crippen LogP contribution in [0.2, 0.25) is 0 Å². The third-order valence-electron chi connectivity index (χ3n) is 5.57. The second kappa shape index (κ2) is 7.72. The number of hydrogen-bond acceptors (Lipinski definition) is 4. The lowest BCUT2D eigenvalue weighted by molar-refractivity contribution is 0.0408. The fraction of sp³-hybridized carbons (Fsp3) is 0.476. The number of likely N-dealkylation sites (tertiary alicyclic amines) is 1. The highest BCUT2D eigenvalue weighted by molar-refractivity contribution is 5.67. The summed E-state index contributed by atoms with van der Waals surface area (Å²) in [5.41, 5.74) is 0.861. The van der Waals surface area contributed by atoms with Gasteiger partial charge in [-0.05, 0) is 23.6 Å². The van der Waals surface area contributed by atoms with E-state index in [1.807, 2.05) is 36.4 Å². The number of alkyl halides is 1. The van der Waals surface area contributed by atoms with Crippen molar-refractivity contribution in [1.82, 2.24) is 10.2 Å². The van der Waals surface area contributed by atoms with Crippen molar-refractivity contribution in [2.45, 2.75) is 43.5 Å². The first-order chi connectivity index (χ1) is 13.1. The molecular weight excluding hydrogens is 347 g/mol. The standard InChI is InChI=1S/C21H25FN2O3/c22-21(15-23-19-12-18(19)17-6-11-26-14-17)7-9-24(10-8-21)20(25)27-13-16-4-2-1-3-5-16/h1-6,11,14,18-19,23H,7-10,12-13,15H2. The fourth-order valence-electron chi connectivity index (χ4n) is 3.67. The minimum atomic E-state index is -1.26. The van der Waals surface area contributed by atoms with E-state index >= 15 is 4.39 Å². The van der Waals surface area contributed by atoms with E-state index in [0.717, 1.165) is 12.0 Å². The summed E-state index contributed by atoms with van der Waals surface area (Å²) in [5, 5.41) is 3.34. The number of carbonyl (C=O) groups excluding carboxylic acids is 1. The number of carbonyl (C=O) groups is 1. The van der Waals surface area contributed by atoms with Gasteiger partial charge in [-0.1, -0.05) is 30.3 Å². The Labute approximate surface area is 158 Å². The predicted molar refractivity (Wildman–Crippen MR) is 99.1 cm³/mol. The smallest absolute Gasteiger partial charge is 0.410 e. The van der Waals surface area contributed by atoms with E-state index < -0.39 is 5.67 Å². The van der Waals surface area contributed by atoms with Gasteiger partial charge >= 0.3 is 6.09 Å². The van der Waals surface area contributed by atoms with Crippen molar-refractivity contribution in [2.24, 2.45) is 0 Å². The molecule has 0 spiro atoms. The van der Waals surface area contributed by atoms with Gasteiger partial charge in [-0.25, -0.2) is 9.18 Å². The Morgan fingerprint density at radius 2 is 2.04 bits per heavy atom. The molecule has 0 radical (unpaired) electrons. The van der Waals surface area contributed by atoms with Crippen molar-refractivity contribution in [2.75, 3.05) is 19.6 Å². The average Bonchev–Trinajstić information content (AvgIpc) is 3.27. The maximum atomic E-state index is 15.1. The molecule has 2 atom stereocenters. The Morgan fingerprint density at radius 1 is 1.26 bits per heavy atom. The van der Waals surface area contributed by atoms with Gasteiger partial charge in [0.15, 0.2) is 0 Å². The van der Waals surface area contributed by atoms with Gasteiger partial charge in [-0.15, -0.1) is 0 Å². The number of piperidine rings is 1. The molecule has 2 heterocycles. The highest BCUT2D eigenvalue weighted by atomic mass is 19.1. The number of amides is 1. The molecule has 2 fully saturated rings. The van der Waals surface area contributed by atoms with Gasteiger partial charge in [0, 0.05) is 44.4 Å². The number of halogens is 1. The predicted octanol–water partition coefficient (Wildman–Crippen LogP) is 3.87. The SMILES string of the molecule is O=C(OCc1ccccc1)N1CCC(F)(CNC2CC2c2ccoc2)CC1. The van der Waals surface area contributed by atoms with E-state index in [2.05, 4.69) is 5.32 Å². The van der Waals surface area contributed by atoms with E-state index in [0.29, 0.717) is 44.4 Å². The average molecular weight is 372 g/mol. The number of rotatable bonds is 6. The zero-order valence-corrected chi connectivity index (χ0v) is 15.3. The Balaban J connectivity index is 1.18. The molecule has 1 amide bonds. The van der Waals surface area contributed by atoms with Crippen LogP contribution in [0.15, 0.2) is 53.3 Å². The number of nitrogens with zero attached hydrogens (tertiary/aromatic N) is 1. The first kappa shape index (κ1) is 18.0. The van der Waals surface area contributed by atoms with Crippen LogP contribution in [0.5, 0.6) is 0 Å². The summed E-state index contributed by atoms with van der Waals surface area (Å²) in [5.74, 6) is 0.431. The Kier molecular flexibility index (Phi) is 5.16. The van der Waals surface area contributed by atoms with Crippen LogP contribution >= 0.6 is 0 Å². The Bertz CT molecular complexity index is 742. The van der Waals surface area contributed by atoms with Gasteiger partial charge < -0.3 is 19.4 Å². The van der Waals surface area contributed by atoms with Crippen LogP contribution in [0.4, 0.5) is 9.18 Å². The lowest BCUT2D eigenvalue weighted by Crippen LogP contribution is -2.49. The molecule has 1 aromatic heterocycles. The van der Waals surface area contributed by atoms with Crippen LogP contribution < -0.4 is 5.32 Å². The van der Waals surface area contributed by atoms with Gasteiger partial charge in [0.25, 0.3) is 0 Å². The molecule has 1 N–H and O–H groups in total. The van der Waals surface area contributed by atoms with Crippen molar-refractivity contribution in [1.29, 1.82) is 0 Å². The van der Waals surface area contributed by atoms with E-state index in [1.54, 1.807) is 17.4 Å². The monoisotopic (exact) mass is 372 g/mol. The molecular formula is C21H25FN2O3. The molecule has 1 aliphatic heterocycles. The largest absolute Gasteiger partial charge is 0.472 e. The Morgan fingerprint density at radius 3 is 2.74 bits per heavy atom. The van der Waals surface area contributed by atoms with Gasteiger partial charge in [0.2, 0.25) is 0 Å². The number of furan rings is 1. The highest BCUT2D eigenvalue weighted by Crippen LogP contribution is 2.41. The molecule has 0 bridgehead atoms. The molecule has 1 saturated carbocycles. The van der Waals surface area contributed by atoms with Crippen LogP contribution in [-0.2, 0) is 11.3 Å². The molecule has 1 aromatic carbocycles. The fourth-order valence-corrected chi connectivity index (χ4v) is 3.67. The molecule has 4 rings (SSSR count). The minimum Gasteiger partial charge on any atom is -0.472 e. The van der Waals surface area contributed by atoms with Crippen molar-refractivity contribution in [3.63, 3.8) is 0 Å². The first-order valence-corrected chi connectivity index (χ1v) is 9.53. The van der Waals surface area contributed by atoms with E-state index in [4.69, 9.17) is 9.15 Å². The van der Waals surface area contributed by atoms with Gasteiger partial charge in [-0.2, -0.15) is 0 Å². The topological polar surface area (TPSA) is 54.7 Å². The number of nitrogens with one attached hydrogen (secondary N) is 1. The zero-order chi connectivity index (χ0) is 18.7. The van der Waals surface area contributed by atoms with Gasteiger partial charge in [0.05, 0.1) is 12.5 Å². The van der Waals surface area contributed by atoms with Crippen molar-refractivity contribution in [3.05, 3.63) is 60.1 Å². The molecule has 6 heteroatoms. The lowest BCUT2D eigenvalue weighted by atomic mass is 9.93. The molecule has 2 unspecified atom stereocenters. The quantitative estimate of drug-likeness (QED) is 0.836. The number of hydrogen-bond donors (Lipinski definition) is 1. The first-order valence-electron chi connectivity index (χ1n) is 9.53. The maximum Gasteiger partial charge on any atom is 0.410 e. The van der Waals surface area contributed by atoms with Crippen LogP contribution in [0.25, 0.3) is 0 Å². The van der Waals surface area contributed by atoms with Gasteiger partial charge in [-0.3, -0.25) is 0 Å². The van der Waals surface area contributed by atoms with Crippen molar-refractivity contribution >= 4 is 6.09 Å². The summed E-state index contributed by atoms with van der Waals surface area (Å²) in [6.07, 6.45) is 4.77. The van der Waals surface area contributed by atoms with Crippen molar-refractivity contribution in [3.8, 4) is 0 Å². The normalized spacial score (nSPS) is 23.8. The van der Waals surface area contributed by atoms with Crippen LogP contribution in [0, 0.1) is 0 Å². The molecule has 5 nitrogen and oxygen atoms in total. The second-order valence-corrected chi connectivity index (χ2v) is 7.56.